The lowest BCUT2D eigenvalue weighted by Gasteiger charge is -2.31. The van der Waals surface area contributed by atoms with Gasteiger partial charge in [-0.25, -0.2) is 22.1 Å². The lowest BCUT2D eigenvalue weighted by Crippen LogP contribution is -2.46. The Hall–Kier alpha value is -2.14. The Kier molecular flexibility index (Phi) is 5.65. The lowest BCUT2D eigenvalue weighted by molar-refractivity contribution is -0.137. The average Bonchev–Trinajstić information content (AvgIpc) is 2.93. The second-order valence-corrected chi connectivity index (χ2v) is 9.72. The van der Waals surface area contributed by atoms with E-state index in [1.807, 2.05) is 0 Å². The van der Waals surface area contributed by atoms with Crippen LogP contribution in [0.5, 0.6) is 0 Å². The summed E-state index contributed by atoms with van der Waals surface area (Å²) in [6.45, 7) is 1.30. The first-order chi connectivity index (χ1) is 13.7. The highest BCUT2D eigenvalue weighted by molar-refractivity contribution is 7.93. The largest absolute Gasteiger partial charge is 0.416 e. The lowest BCUT2D eigenvalue weighted by atomic mass is 10.1. The van der Waals surface area contributed by atoms with Crippen molar-refractivity contribution in [3.63, 3.8) is 0 Å². The number of hydrogen-bond donors (Lipinski definition) is 0. The monoisotopic (exact) mass is 467 g/mol. The van der Waals surface area contributed by atoms with E-state index in [1.165, 1.54) is 26.1 Å². The Bertz CT molecular complexity index is 1040. The molecule has 1 unspecified atom stereocenters. The Morgan fingerprint density at radius 2 is 2.03 bits per heavy atom. The van der Waals surface area contributed by atoms with Gasteiger partial charge in [0.05, 0.1) is 11.3 Å². The van der Waals surface area contributed by atoms with E-state index in [2.05, 4.69) is 4.98 Å². The van der Waals surface area contributed by atoms with Crippen molar-refractivity contribution in [3.8, 4) is 0 Å². The summed E-state index contributed by atoms with van der Waals surface area (Å²) in [5.74, 6) is -1.64. The van der Waals surface area contributed by atoms with Crippen molar-refractivity contribution in [2.24, 2.45) is 0 Å². The van der Waals surface area contributed by atoms with Crippen molar-refractivity contribution >= 4 is 33.3 Å². The fourth-order valence-corrected chi connectivity index (χ4v) is 5.27. The molecule has 0 spiro atoms. The van der Waals surface area contributed by atoms with Gasteiger partial charge in [-0.05, 0) is 37.6 Å². The zero-order chi connectivity index (χ0) is 22.5. The number of halogens is 5. The maximum atomic E-state index is 14.1. The highest BCUT2D eigenvalue weighted by atomic mass is 35.5. The van der Waals surface area contributed by atoms with E-state index >= 15 is 0 Å². The van der Waals surface area contributed by atoms with Crippen molar-refractivity contribution < 1.29 is 30.8 Å². The molecule has 2 atom stereocenters. The van der Waals surface area contributed by atoms with E-state index in [0.29, 0.717) is 10.4 Å². The number of alkyl halides is 5. The molecule has 0 saturated carbocycles. The van der Waals surface area contributed by atoms with Crippen LogP contribution in [0.1, 0.15) is 24.1 Å². The Labute approximate surface area is 175 Å². The molecule has 0 bridgehead atoms. The normalized spacial score (nSPS) is 25.9. The van der Waals surface area contributed by atoms with Gasteiger partial charge in [-0.2, -0.15) is 13.2 Å². The predicted octanol–water partition coefficient (Wildman–Crippen LogP) is 3.52. The number of rotatable bonds is 3. The summed E-state index contributed by atoms with van der Waals surface area (Å²) in [5, 5.41) is -2.19. The molecule has 1 aromatic rings. The van der Waals surface area contributed by atoms with Crippen molar-refractivity contribution in [2.45, 2.75) is 37.1 Å². The number of amides is 1. The standard InChI is InChI=1S/C18H18ClF4N3O3S/c1-11-8-12(18(21,22)23)9-15(24-11)26-14(5-7-30(26,28)29)16(27)25(2)13-4-3-6-17(19,20)10-13/h3-4,6,8-9,14H,5,7,10H2,1-2H3/t14-,17?/m0/s1. The molecule has 1 aliphatic carbocycles. The summed E-state index contributed by atoms with van der Waals surface area (Å²) < 4.78 is 79.4. The maximum absolute atomic E-state index is 14.1. The quantitative estimate of drug-likeness (QED) is 0.504. The van der Waals surface area contributed by atoms with Gasteiger partial charge >= 0.3 is 6.18 Å². The van der Waals surface area contributed by atoms with Crippen LogP contribution in [0.4, 0.5) is 23.4 Å². The first-order valence-electron chi connectivity index (χ1n) is 8.83. The van der Waals surface area contributed by atoms with Crippen LogP contribution >= 0.6 is 11.6 Å². The van der Waals surface area contributed by atoms with Crippen LogP contribution in [0.2, 0.25) is 0 Å². The number of aryl methyl sites for hydroxylation is 1. The summed E-state index contributed by atoms with van der Waals surface area (Å²) in [7, 11) is -2.75. The highest BCUT2D eigenvalue weighted by Gasteiger charge is 2.45. The Morgan fingerprint density at radius 1 is 1.37 bits per heavy atom. The van der Waals surface area contributed by atoms with Crippen LogP contribution < -0.4 is 4.31 Å². The molecule has 0 aromatic carbocycles. The molecular formula is C18H18ClF4N3O3S. The molecule has 2 heterocycles. The number of likely N-dealkylation sites (N-methyl/N-ethyl adjacent to an activating group) is 1. The minimum absolute atomic E-state index is 0.0500. The van der Waals surface area contributed by atoms with Crippen molar-refractivity contribution in [1.82, 2.24) is 9.88 Å². The van der Waals surface area contributed by atoms with E-state index in [0.717, 1.165) is 17.0 Å². The molecule has 1 aromatic heterocycles. The maximum Gasteiger partial charge on any atom is 0.416 e. The van der Waals surface area contributed by atoms with Crippen molar-refractivity contribution in [2.75, 3.05) is 17.1 Å². The molecule has 30 heavy (non-hydrogen) atoms. The average molecular weight is 468 g/mol. The topological polar surface area (TPSA) is 70.6 Å². The molecule has 6 nitrogen and oxygen atoms in total. The summed E-state index contributed by atoms with van der Waals surface area (Å²) in [5.41, 5.74) is -0.917. The van der Waals surface area contributed by atoms with E-state index in [1.54, 1.807) is 0 Å². The number of carbonyl (C=O) groups is 1. The van der Waals surface area contributed by atoms with Gasteiger partial charge in [0.1, 0.15) is 11.9 Å². The van der Waals surface area contributed by atoms with Crippen molar-refractivity contribution in [3.05, 3.63) is 47.3 Å². The molecule has 164 valence electrons. The zero-order valence-electron chi connectivity index (χ0n) is 15.9. The number of anilines is 1. The smallest absolute Gasteiger partial charge is 0.317 e. The molecule has 1 aliphatic heterocycles. The van der Waals surface area contributed by atoms with Gasteiger partial charge < -0.3 is 4.90 Å². The number of pyridine rings is 1. The van der Waals surface area contributed by atoms with Crippen LogP contribution in [0, 0.1) is 6.92 Å². The van der Waals surface area contributed by atoms with E-state index < -0.39 is 50.4 Å². The number of sulfonamides is 1. The molecule has 12 heteroatoms. The fourth-order valence-electron chi connectivity index (χ4n) is 3.38. The number of carbonyl (C=O) groups excluding carboxylic acids is 1. The molecule has 1 fully saturated rings. The van der Waals surface area contributed by atoms with E-state index in [4.69, 9.17) is 11.6 Å². The van der Waals surface area contributed by atoms with Crippen LogP contribution in [0.3, 0.4) is 0 Å². The Morgan fingerprint density at radius 3 is 2.63 bits per heavy atom. The minimum atomic E-state index is -4.72. The van der Waals surface area contributed by atoms with Gasteiger partial charge in [-0.1, -0.05) is 17.7 Å². The number of hydrogen-bond acceptors (Lipinski definition) is 4. The predicted molar refractivity (Wildman–Crippen MR) is 103 cm³/mol. The summed E-state index contributed by atoms with van der Waals surface area (Å²) >= 11 is 5.67. The van der Waals surface area contributed by atoms with Gasteiger partial charge in [-0.3, -0.25) is 4.79 Å². The first kappa shape index (κ1) is 22.5. The molecular weight excluding hydrogens is 450 g/mol. The third kappa shape index (κ3) is 4.46. The molecule has 1 saturated heterocycles. The number of allylic oxidation sites excluding steroid dienone is 4. The summed E-state index contributed by atoms with van der Waals surface area (Å²) in [6.07, 6.45) is -1.29. The van der Waals surface area contributed by atoms with Crippen LogP contribution in [0.15, 0.2) is 36.1 Å². The first-order valence-corrected chi connectivity index (χ1v) is 10.8. The minimum Gasteiger partial charge on any atom is -0.317 e. The van der Waals surface area contributed by atoms with Gasteiger partial charge in [-0.15, -0.1) is 0 Å². The molecule has 2 aliphatic rings. The fraction of sp³-hybridized carbons (Fsp3) is 0.444. The van der Waals surface area contributed by atoms with Crippen LogP contribution in [0.25, 0.3) is 0 Å². The van der Waals surface area contributed by atoms with Gasteiger partial charge in [0, 0.05) is 24.9 Å². The highest BCUT2D eigenvalue weighted by Crippen LogP contribution is 2.36. The second-order valence-electron chi connectivity index (χ2n) is 7.12. The van der Waals surface area contributed by atoms with Gasteiger partial charge in [0.2, 0.25) is 21.1 Å². The molecule has 1 amide bonds. The van der Waals surface area contributed by atoms with E-state index in [9.17, 15) is 30.8 Å². The summed E-state index contributed by atoms with van der Waals surface area (Å²) in [6, 6.07) is 0.0752. The Balaban J connectivity index is 1.98. The van der Waals surface area contributed by atoms with E-state index in [-0.39, 0.29) is 24.2 Å². The third-order valence-electron chi connectivity index (χ3n) is 4.82. The zero-order valence-corrected chi connectivity index (χ0v) is 17.5. The number of nitrogens with zero attached hydrogens (tertiary/aromatic N) is 3. The third-order valence-corrected chi connectivity index (χ3v) is 6.87. The van der Waals surface area contributed by atoms with Crippen molar-refractivity contribution in [1.29, 1.82) is 0 Å². The van der Waals surface area contributed by atoms with Gasteiger partial charge in [0.15, 0.2) is 0 Å². The molecule has 0 N–H and O–H groups in total. The second kappa shape index (κ2) is 7.52. The molecule has 0 radical (unpaired) electrons. The van der Waals surface area contributed by atoms with Crippen LogP contribution in [-0.4, -0.2) is 48.2 Å². The summed E-state index contributed by atoms with van der Waals surface area (Å²) in [4.78, 5) is 18.0. The SMILES string of the molecule is Cc1cc(C(F)(F)F)cc(N2[C@H](C(=O)N(C)C3=CC=CC(F)(Cl)C3)CCS2(=O)=O)n1. The number of aromatic nitrogens is 1. The van der Waals surface area contributed by atoms with Crippen LogP contribution in [-0.2, 0) is 21.0 Å². The van der Waals surface area contributed by atoms with Gasteiger partial charge in [0.25, 0.3) is 0 Å². The molecule has 3 rings (SSSR count).